The van der Waals surface area contributed by atoms with Gasteiger partial charge in [0.25, 0.3) is 0 Å². The number of rotatable bonds is 8. The largest absolute Gasteiger partial charge is 0.491 e. The Bertz CT molecular complexity index is 404. The number of likely N-dealkylation sites (N-methyl/N-ethyl adjacent to an activating group) is 1. The Hall–Kier alpha value is -1.10. The van der Waals surface area contributed by atoms with E-state index in [1.165, 1.54) is 5.56 Å². The third-order valence-electron chi connectivity index (χ3n) is 3.99. The Balaban J connectivity index is 1.54. The molecular weight excluding hydrogens is 264 g/mol. The number of para-hydroxylation sites is 1. The Morgan fingerprint density at radius 2 is 1.76 bits per heavy atom. The molecule has 1 aromatic carbocycles. The number of hydrogen-bond donors (Lipinski definition) is 0. The smallest absolute Gasteiger partial charge is 0.122 e. The summed E-state index contributed by atoms with van der Waals surface area (Å²) in [6, 6.07) is 8.22. The van der Waals surface area contributed by atoms with Crippen LogP contribution in [-0.2, 0) is 11.2 Å². The van der Waals surface area contributed by atoms with Gasteiger partial charge in [-0.3, -0.25) is 4.90 Å². The topological polar surface area (TPSA) is 24.9 Å². The zero-order valence-corrected chi connectivity index (χ0v) is 13.4. The summed E-state index contributed by atoms with van der Waals surface area (Å²) < 4.78 is 11.5. The molecule has 1 aromatic rings. The number of benzene rings is 1. The summed E-state index contributed by atoms with van der Waals surface area (Å²) in [4.78, 5) is 4.84. The quantitative estimate of drug-likeness (QED) is 0.683. The fourth-order valence-corrected chi connectivity index (χ4v) is 2.51. The molecule has 0 aromatic heterocycles. The number of piperazine rings is 1. The van der Waals surface area contributed by atoms with E-state index in [9.17, 15) is 0 Å². The second kappa shape index (κ2) is 9.03. The van der Waals surface area contributed by atoms with Crippen LogP contribution in [0, 0.1) is 0 Å². The molecule has 0 bridgehead atoms. The molecular formula is C17H28N2O2. The van der Waals surface area contributed by atoms with Crippen molar-refractivity contribution in [2.24, 2.45) is 0 Å². The third-order valence-corrected chi connectivity index (χ3v) is 3.99. The number of hydrogen-bond acceptors (Lipinski definition) is 4. The van der Waals surface area contributed by atoms with Gasteiger partial charge in [0, 0.05) is 32.7 Å². The van der Waals surface area contributed by atoms with Crippen LogP contribution in [0.1, 0.15) is 12.5 Å². The summed E-state index contributed by atoms with van der Waals surface area (Å²) in [5, 5.41) is 0. The minimum absolute atomic E-state index is 0.625. The Labute approximate surface area is 128 Å². The van der Waals surface area contributed by atoms with E-state index in [0.717, 1.165) is 51.5 Å². The second-order valence-corrected chi connectivity index (χ2v) is 5.57. The summed E-state index contributed by atoms with van der Waals surface area (Å²) in [6.07, 6.45) is 1.00. The van der Waals surface area contributed by atoms with Crippen LogP contribution in [-0.4, -0.2) is 69.4 Å². The first-order valence-corrected chi connectivity index (χ1v) is 7.99. The van der Waals surface area contributed by atoms with E-state index >= 15 is 0 Å². The highest BCUT2D eigenvalue weighted by molar-refractivity contribution is 5.33. The van der Waals surface area contributed by atoms with E-state index in [4.69, 9.17) is 9.47 Å². The Kier molecular flexibility index (Phi) is 7.00. The predicted octanol–water partition coefficient (Wildman–Crippen LogP) is 1.89. The molecule has 1 fully saturated rings. The van der Waals surface area contributed by atoms with E-state index in [2.05, 4.69) is 35.9 Å². The molecule has 1 aliphatic rings. The van der Waals surface area contributed by atoms with Gasteiger partial charge in [-0.2, -0.15) is 0 Å². The van der Waals surface area contributed by atoms with Gasteiger partial charge in [-0.1, -0.05) is 25.1 Å². The standard InChI is InChI=1S/C17H28N2O2/c1-3-16-6-4-5-7-17(16)21-15-14-20-13-12-19-10-8-18(2)9-11-19/h4-7H,3,8-15H2,1-2H3. The van der Waals surface area contributed by atoms with E-state index in [-0.39, 0.29) is 0 Å². The average molecular weight is 292 g/mol. The molecule has 1 aliphatic heterocycles. The van der Waals surface area contributed by atoms with E-state index < -0.39 is 0 Å². The molecule has 118 valence electrons. The van der Waals surface area contributed by atoms with Crippen LogP contribution in [0.3, 0.4) is 0 Å². The summed E-state index contributed by atoms with van der Waals surface area (Å²) in [6.45, 7) is 9.89. The predicted molar refractivity (Wildman–Crippen MR) is 86.1 cm³/mol. The highest BCUT2D eigenvalue weighted by Crippen LogP contribution is 2.17. The highest BCUT2D eigenvalue weighted by atomic mass is 16.5. The first-order chi connectivity index (χ1) is 10.3. The molecule has 0 amide bonds. The molecule has 1 saturated heterocycles. The van der Waals surface area contributed by atoms with Crippen molar-refractivity contribution in [2.45, 2.75) is 13.3 Å². The molecule has 0 saturated carbocycles. The van der Waals surface area contributed by atoms with Gasteiger partial charge in [-0.05, 0) is 25.1 Å². The molecule has 0 spiro atoms. The minimum Gasteiger partial charge on any atom is -0.491 e. The first-order valence-electron chi connectivity index (χ1n) is 7.99. The molecule has 0 atom stereocenters. The molecule has 21 heavy (non-hydrogen) atoms. The van der Waals surface area contributed by atoms with Gasteiger partial charge >= 0.3 is 0 Å². The Morgan fingerprint density at radius 3 is 2.52 bits per heavy atom. The zero-order valence-electron chi connectivity index (χ0n) is 13.4. The van der Waals surface area contributed by atoms with E-state index in [1.807, 2.05) is 12.1 Å². The van der Waals surface area contributed by atoms with Gasteiger partial charge in [0.1, 0.15) is 12.4 Å². The van der Waals surface area contributed by atoms with Gasteiger partial charge in [0.15, 0.2) is 0 Å². The lowest BCUT2D eigenvalue weighted by Crippen LogP contribution is -2.45. The van der Waals surface area contributed by atoms with Crippen molar-refractivity contribution >= 4 is 0 Å². The van der Waals surface area contributed by atoms with Gasteiger partial charge < -0.3 is 14.4 Å². The second-order valence-electron chi connectivity index (χ2n) is 5.57. The van der Waals surface area contributed by atoms with Crippen LogP contribution in [0.15, 0.2) is 24.3 Å². The van der Waals surface area contributed by atoms with E-state index in [0.29, 0.717) is 13.2 Å². The number of nitrogens with zero attached hydrogens (tertiary/aromatic N) is 2. The van der Waals surface area contributed by atoms with Crippen molar-refractivity contribution in [1.29, 1.82) is 0 Å². The van der Waals surface area contributed by atoms with E-state index in [1.54, 1.807) is 0 Å². The van der Waals surface area contributed by atoms with Crippen LogP contribution >= 0.6 is 0 Å². The van der Waals surface area contributed by atoms with Gasteiger partial charge in [-0.25, -0.2) is 0 Å². The lowest BCUT2D eigenvalue weighted by Gasteiger charge is -2.32. The molecule has 4 nitrogen and oxygen atoms in total. The van der Waals surface area contributed by atoms with Gasteiger partial charge in [-0.15, -0.1) is 0 Å². The monoisotopic (exact) mass is 292 g/mol. The zero-order chi connectivity index (χ0) is 14.9. The SMILES string of the molecule is CCc1ccccc1OCCOCCN1CCN(C)CC1. The van der Waals surface area contributed by atoms with Crippen molar-refractivity contribution in [3.8, 4) is 5.75 Å². The van der Waals surface area contributed by atoms with Crippen molar-refractivity contribution < 1.29 is 9.47 Å². The van der Waals surface area contributed by atoms with Crippen LogP contribution in [0.2, 0.25) is 0 Å². The number of aryl methyl sites for hydroxylation is 1. The van der Waals surface area contributed by atoms with Gasteiger partial charge in [0.05, 0.1) is 13.2 Å². The maximum Gasteiger partial charge on any atom is 0.122 e. The molecule has 0 unspecified atom stereocenters. The lowest BCUT2D eigenvalue weighted by atomic mass is 10.1. The summed E-state index contributed by atoms with van der Waals surface area (Å²) >= 11 is 0. The molecule has 4 heteroatoms. The summed E-state index contributed by atoms with van der Waals surface area (Å²) in [5.74, 6) is 0.989. The van der Waals surface area contributed by atoms with Gasteiger partial charge in [0.2, 0.25) is 0 Å². The van der Waals surface area contributed by atoms with Crippen LogP contribution in [0.5, 0.6) is 5.75 Å². The van der Waals surface area contributed by atoms with Crippen LogP contribution in [0.4, 0.5) is 0 Å². The molecule has 1 heterocycles. The summed E-state index contributed by atoms with van der Waals surface area (Å²) in [5.41, 5.74) is 1.26. The summed E-state index contributed by atoms with van der Waals surface area (Å²) in [7, 11) is 2.18. The van der Waals surface area contributed by atoms with Crippen molar-refractivity contribution in [2.75, 3.05) is 59.6 Å². The molecule has 2 rings (SSSR count). The number of ether oxygens (including phenoxy) is 2. The van der Waals surface area contributed by atoms with Crippen molar-refractivity contribution in [3.05, 3.63) is 29.8 Å². The van der Waals surface area contributed by atoms with Crippen LogP contribution < -0.4 is 4.74 Å². The molecule has 0 radical (unpaired) electrons. The molecule has 0 aliphatic carbocycles. The average Bonchev–Trinajstić information content (AvgIpc) is 2.53. The maximum atomic E-state index is 5.79. The third kappa shape index (κ3) is 5.65. The Morgan fingerprint density at radius 1 is 1.00 bits per heavy atom. The normalized spacial score (nSPS) is 17.0. The fraction of sp³-hybridized carbons (Fsp3) is 0.647. The van der Waals surface area contributed by atoms with Crippen molar-refractivity contribution in [1.82, 2.24) is 9.80 Å². The maximum absolute atomic E-state index is 5.79. The van der Waals surface area contributed by atoms with Crippen LogP contribution in [0.25, 0.3) is 0 Å². The first kappa shape index (κ1) is 16.3. The highest BCUT2D eigenvalue weighted by Gasteiger charge is 2.12. The minimum atomic E-state index is 0.625. The lowest BCUT2D eigenvalue weighted by molar-refractivity contribution is 0.0656. The molecule has 0 N–H and O–H groups in total. The van der Waals surface area contributed by atoms with Crippen molar-refractivity contribution in [3.63, 3.8) is 0 Å². The fourth-order valence-electron chi connectivity index (χ4n) is 2.51.